The van der Waals surface area contributed by atoms with Gasteiger partial charge >= 0.3 is 0 Å². The number of hydrogen-bond donors (Lipinski definition) is 1. The van der Waals surface area contributed by atoms with Crippen molar-refractivity contribution in [1.82, 2.24) is 9.80 Å². The number of benzene rings is 1. The third-order valence-corrected chi connectivity index (χ3v) is 4.00. The van der Waals surface area contributed by atoms with Crippen LogP contribution in [0.1, 0.15) is 12.0 Å². The molecule has 2 rings (SSSR count). The maximum absolute atomic E-state index is 10.2. The molecule has 0 atom stereocenters. The predicted molar refractivity (Wildman–Crippen MR) is 79.7 cm³/mol. The lowest BCUT2D eigenvalue weighted by atomic mass is 10.1. The Morgan fingerprint density at radius 1 is 1.26 bits per heavy atom. The highest BCUT2D eigenvalue weighted by Gasteiger charge is 2.16. The molecule has 1 N–H and O–H groups in total. The van der Waals surface area contributed by atoms with Crippen molar-refractivity contribution >= 4 is 15.9 Å². The smallest absolute Gasteiger partial charge is 0.162 e. The van der Waals surface area contributed by atoms with Gasteiger partial charge in [-0.15, -0.1) is 0 Å². The van der Waals surface area contributed by atoms with Crippen molar-refractivity contribution in [2.45, 2.75) is 13.0 Å². The standard InChI is InChI=1S/C14H21BrN2O2/c1-16-4-3-5-17(7-6-16)10-11-8-12(15)9-13(19-2)14(11)18/h8-9,18H,3-7,10H2,1-2H3. The normalized spacial score (nSPS) is 18.3. The molecule has 4 nitrogen and oxygen atoms in total. The fourth-order valence-corrected chi connectivity index (χ4v) is 2.89. The van der Waals surface area contributed by atoms with E-state index in [1.807, 2.05) is 6.07 Å². The number of aromatic hydroxyl groups is 1. The number of phenolic OH excluding ortho intramolecular Hbond substituents is 1. The van der Waals surface area contributed by atoms with E-state index in [9.17, 15) is 5.11 Å². The van der Waals surface area contributed by atoms with Crippen molar-refractivity contribution in [2.75, 3.05) is 40.3 Å². The van der Waals surface area contributed by atoms with Crippen LogP contribution in [0.4, 0.5) is 0 Å². The van der Waals surface area contributed by atoms with Crippen molar-refractivity contribution in [3.8, 4) is 11.5 Å². The molecule has 1 heterocycles. The summed E-state index contributed by atoms with van der Waals surface area (Å²) in [5.41, 5.74) is 0.913. The molecule has 0 saturated carbocycles. The summed E-state index contributed by atoms with van der Waals surface area (Å²) >= 11 is 3.46. The molecule has 1 aliphatic rings. The predicted octanol–water partition coefficient (Wildman–Crippen LogP) is 2.30. The van der Waals surface area contributed by atoms with Crippen LogP contribution in [0.5, 0.6) is 11.5 Å². The average molecular weight is 329 g/mol. The highest BCUT2D eigenvalue weighted by molar-refractivity contribution is 9.10. The molecule has 0 aliphatic carbocycles. The van der Waals surface area contributed by atoms with Gasteiger partial charge < -0.3 is 14.7 Å². The minimum Gasteiger partial charge on any atom is -0.504 e. The second-order valence-corrected chi connectivity index (χ2v) is 5.96. The van der Waals surface area contributed by atoms with Crippen LogP contribution >= 0.6 is 15.9 Å². The molecule has 0 amide bonds. The quantitative estimate of drug-likeness (QED) is 0.923. The van der Waals surface area contributed by atoms with Gasteiger partial charge in [0.25, 0.3) is 0 Å². The largest absolute Gasteiger partial charge is 0.504 e. The number of hydrogen-bond acceptors (Lipinski definition) is 4. The van der Waals surface area contributed by atoms with Crippen LogP contribution in [-0.4, -0.2) is 55.2 Å². The first-order valence-electron chi connectivity index (χ1n) is 6.56. The first-order chi connectivity index (χ1) is 9.10. The van der Waals surface area contributed by atoms with Crippen molar-refractivity contribution in [3.63, 3.8) is 0 Å². The van der Waals surface area contributed by atoms with E-state index in [1.165, 1.54) is 6.42 Å². The monoisotopic (exact) mass is 328 g/mol. The van der Waals surface area contributed by atoms with Gasteiger partial charge in [0.1, 0.15) is 0 Å². The van der Waals surface area contributed by atoms with Gasteiger partial charge in [-0.2, -0.15) is 0 Å². The molecule has 0 unspecified atom stereocenters. The van der Waals surface area contributed by atoms with Gasteiger partial charge in [0.2, 0.25) is 0 Å². The van der Waals surface area contributed by atoms with Crippen LogP contribution in [0, 0.1) is 0 Å². The molecule has 106 valence electrons. The SMILES string of the molecule is COc1cc(Br)cc(CN2CCCN(C)CC2)c1O. The molecule has 19 heavy (non-hydrogen) atoms. The van der Waals surface area contributed by atoms with Crippen LogP contribution in [0.15, 0.2) is 16.6 Å². The Kier molecular flexibility index (Phi) is 5.07. The summed E-state index contributed by atoms with van der Waals surface area (Å²) in [7, 11) is 3.73. The lowest BCUT2D eigenvalue weighted by Crippen LogP contribution is -2.28. The first kappa shape index (κ1) is 14.6. The molecular weight excluding hydrogens is 308 g/mol. The van der Waals surface area contributed by atoms with E-state index in [0.29, 0.717) is 5.75 Å². The summed E-state index contributed by atoms with van der Waals surface area (Å²) < 4.78 is 6.12. The van der Waals surface area contributed by atoms with Gasteiger partial charge in [-0.1, -0.05) is 15.9 Å². The maximum Gasteiger partial charge on any atom is 0.162 e. The van der Waals surface area contributed by atoms with E-state index >= 15 is 0 Å². The molecule has 1 aromatic rings. The summed E-state index contributed by atoms with van der Waals surface area (Å²) in [5, 5.41) is 10.2. The fourth-order valence-electron chi connectivity index (χ4n) is 2.40. The molecule has 1 saturated heterocycles. The van der Waals surface area contributed by atoms with Crippen molar-refractivity contribution in [2.24, 2.45) is 0 Å². The van der Waals surface area contributed by atoms with E-state index in [0.717, 1.165) is 42.8 Å². The molecule has 0 bridgehead atoms. The van der Waals surface area contributed by atoms with E-state index < -0.39 is 0 Å². The van der Waals surface area contributed by atoms with Gasteiger partial charge in [-0.3, -0.25) is 4.90 Å². The lowest BCUT2D eigenvalue weighted by Gasteiger charge is -2.21. The zero-order chi connectivity index (χ0) is 13.8. The van der Waals surface area contributed by atoms with Crippen molar-refractivity contribution in [3.05, 3.63) is 22.2 Å². The lowest BCUT2D eigenvalue weighted by molar-refractivity contribution is 0.264. The number of halogens is 1. The zero-order valence-electron chi connectivity index (χ0n) is 11.5. The Morgan fingerprint density at radius 2 is 2.05 bits per heavy atom. The molecule has 0 aromatic heterocycles. The third kappa shape index (κ3) is 3.84. The number of nitrogens with zero attached hydrogens (tertiary/aromatic N) is 2. The minimum absolute atomic E-state index is 0.253. The molecule has 1 fully saturated rings. The molecule has 0 radical (unpaired) electrons. The summed E-state index contributed by atoms with van der Waals surface area (Å²) in [5.74, 6) is 0.777. The highest BCUT2D eigenvalue weighted by Crippen LogP contribution is 2.34. The molecule has 1 aromatic carbocycles. The van der Waals surface area contributed by atoms with Gasteiger partial charge in [-0.05, 0) is 38.7 Å². The average Bonchev–Trinajstić information content (AvgIpc) is 2.58. The maximum atomic E-state index is 10.2. The Hall–Kier alpha value is -0.780. The van der Waals surface area contributed by atoms with E-state index in [1.54, 1.807) is 13.2 Å². The van der Waals surface area contributed by atoms with Gasteiger partial charge in [-0.25, -0.2) is 0 Å². The van der Waals surface area contributed by atoms with Gasteiger partial charge in [0, 0.05) is 29.7 Å². The fraction of sp³-hybridized carbons (Fsp3) is 0.571. The summed E-state index contributed by atoms with van der Waals surface area (Å²) in [4.78, 5) is 4.73. The molecule has 1 aliphatic heterocycles. The van der Waals surface area contributed by atoms with Gasteiger partial charge in [0.15, 0.2) is 11.5 Å². The van der Waals surface area contributed by atoms with Crippen molar-refractivity contribution < 1.29 is 9.84 Å². The third-order valence-electron chi connectivity index (χ3n) is 3.54. The highest BCUT2D eigenvalue weighted by atomic mass is 79.9. The van der Waals surface area contributed by atoms with E-state index in [-0.39, 0.29) is 5.75 Å². The number of methoxy groups -OCH3 is 1. The minimum atomic E-state index is 0.253. The Balaban J connectivity index is 2.12. The molecule has 0 spiro atoms. The number of ether oxygens (including phenoxy) is 1. The summed E-state index contributed by atoms with van der Waals surface area (Å²) in [6, 6.07) is 3.75. The Morgan fingerprint density at radius 3 is 2.79 bits per heavy atom. The number of likely N-dealkylation sites (N-methyl/N-ethyl adjacent to an activating group) is 1. The van der Waals surface area contributed by atoms with E-state index in [2.05, 4.69) is 32.8 Å². The summed E-state index contributed by atoms with van der Waals surface area (Å²) in [6.07, 6.45) is 1.17. The first-order valence-corrected chi connectivity index (χ1v) is 7.35. The van der Waals surface area contributed by atoms with Crippen LogP contribution in [-0.2, 0) is 6.54 Å². The van der Waals surface area contributed by atoms with Crippen LogP contribution in [0.3, 0.4) is 0 Å². The molecule has 5 heteroatoms. The van der Waals surface area contributed by atoms with Crippen molar-refractivity contribution in [1.29, 1.82) is 0 Å². The Bertz CT molecular complexity index is 440. The van der Waals surface area contributed by atoms with Gasteiger partial charge in [0.05, 0.1) is 7.11 Å². The number of rotatable bonds is 3. The van der Waals surface area contributed by atoms with Crippen LogP contribution in [0.25, 0.3) is 0 Å². The van der Waals surface area contributed by atoms with E-state index in [4.69, 9.17) is 4.74 Å². The number of phenols is 1. The zero-order valence-corrected chi connectivity index (χ0v) is 13.1. The Labute approximate surface area is 123 Å². The summed E-state index contributed by atoms with van der Waals surface area (Å²) in [6.45, 7) is 5.08. The second-order valence-electron chi connectivity index (χ2n) is 5.05. The topological polar surface area (TPSA) is 35.9 Å². The second kappa shape index (κ2) is 6.59. The van der Waals surface area contributed by atoms with Crippen LogP contribution < -0.4 is 4.74 Å². The molecular formula is C14H21BrN2O2. The van der Waals surface area contributed by atoms with Crippen LogP contribution in [0.2, 0.25) is 0 Å².